The Kier molecular flexibility index (Phi) is 6.79. The first-order valence-electron chi connectivity index (χ1n) is 10.4. The van der Waals surface area contributed by atoms with Gasteiger partial charge in [-0.1, -0.05) is 37.5 Å². The quantitative estimate of drug-likeness (QED) is 0.508. The fourth-order valence-electron chi connectivity index (χ4n) is 3.79. The van der Waals surface area contributed by atoms with Crippen LogP contribution in [0.25, 0.3) is 11.0 Å². The van der Waals surface area contributed by atoms with Gasteiger partial charge in [0.2, 0.25) is 0 Å². The maximum absolute atomic E-state index is 12.8. The van der Waals surface area contributed by atoms with Crippen LogP contribution >= 0.6 is 11.8 Å². The first-order valence-corrected chi connectivity index (χ1v) is 11.5. The number of carbonyl (C=O) groups excluding carboxylic acids is 2. The number of carbonyl (C=O) groups is 2. The van der Waals surface area contributed by atoms with Gasteiger partial charge in [-0.3, -0.25) is 9.59 Å². The van der Waals surface area contributed by atoms with E-state index in [0.717, 1.165) is 22.3 Å². The van der Waals surface area contributed by atoms with Crippen molar-refractivity contribution in [2.75, 3.05) is 13.1 Å². The Morgan fingerprint density at radius 2 is 1.73 bits per heavy atom. The first-order chi connectivity index (χ1) is 14.7. The maximum Gasteiger partial charge on any atom is 0.287 e. The lowest BCUT2D eigenvalue weighted by atomic mass is 10.0. The molecule has 2 amide bonds. The largest absolute Gasteiger partial charge is 0.459 e. The fraction of sp³-hybridized carbons (Fsp3) is 0.391. The van der Waals surface area contributed by atoms with E-state index in [-0.39, 0.29) is 17.6 Å². The Morgan fingerprint density at radius 1 is 0.967 bits per heavy atom. The minimum atomic E-state index is -0.303. The van der Waals surface area contributed by atoms with Gasteiger partial charge in [0.05, 0.1) is 6.26 Å². The summed E-state index contributed by atoms with van der Waals surface area (Å²) in [6, 6.07) is 11.0. The molecule has 1 aromatic carbocycles. The summed E-state index contributed by atoms with van der Waals surface area (Å²) < 4.78 is 11.0. The highest BCUT2D eigenvalue weighted by Crippen LogP contribution is 2.34. The van der Waals surface area contributed by atoms with Crippen LogP contribution in [0.15, 0.2) is 51.5 Å². The van der Waals surface area contributed by atoms with E-state index < -0.39 is 0 Å². The Labute approximate surface area is 179 Å². The average molecular weight is 427 g/mol. The molecule has 1 aliphatic carbocycles. The topological polar surface area (TPSA) is 84.5 Å². The van der Waals surface area contributed by atoms with Crippen LogP contribution in [-0.4, -0.2) is 30.2 Å². The molecule has 2 heterocycles. The van der Waals surface area contributed by atoms with Crippen LogP contribution < -0.4 is 10.6 Å². The number of rotatable bonds is 8. The summed E-state index contributed by atoms with van der Waals surface area (Å²) in [7, 11) is 0. The van der Waals surface area contributed by atoms with E-state index in [1.165, 1.54) is 38.4 Å². The maximum atomic E-state index is 12.8. The molecule has 4 rings (SSSR count). The third-order valence-corrected chi connectivity index (χ3v) is 6.76. The Bertz CT molecular complexity index is 990. The number of hydrogen-bond donors (Lipinski definition) is 2. The Morgan fingerprint density at radius 3 is 2.50 bits per heavy atom. The summed E-state index contributed by atoms with van der Waals surface area (Å²) in [5.41, 5.74) is 1.69. The third kappa shape index (κ3) is 4.90. The number of benzene rings is 1. The fourth-order valence-corrected chi connectivity index (χ4v) is 5.14. The van der Waals surface area contributed by atoms with Crippen LogP contribution in [0.1, 0.15) is 58.8 Å². The summed E-state index contributed by atoms with van der Waals surface area (Å²) in [6.45, 7) is 0.606. The van der Waals surface area contributed by atoms with Gasteiger partial charge in [0.25, 0.3) is 11.8 Å². The number of furan rings is 2. The summed E-state index contributed by atoms with van der Waals surface area (Å²) in [6.07, 6.45) is 7.86. The zero-order valence-corrected chi connectivity index (χ0v) is 17.6. The molecule has 6 nitrogen and oxygen atoms in total. The standard InChI is InChI=1S/C23H26N2O4S/c26-22(20-11-6-14-28-20)24-12-13-25-23(27)21-18(15-30-16-7-2-1-3-8-16)17-9-4-5-10-19(17)29-21/h4-6,9-11,14,16H,1-3,7-8,12-13,15H2,(H,24,26)(H,25,27). The zero-order valence-electron chi connectivity index (χ0n) is 16.8. The van der Waals surface area contributed by atoms with Gasteiger partial charge in [-0.15, -0.1) is 0 Å². The molecule has 30 heavy (non-hydrogen) atoms. The third-order valence-electron chi connectivity index (χ3n) is 5.36. The molecule has 0 aliphatic heterocycles. The lowest BCUT2D eigenvalue weighted by Crippen LogP contribution is -2.34. The summed E-state index contributed by atoms with van der Waals surface area (Å²) in [5.74, 6) is 0.831. The number of para-hydroxylation sites is 1. The molecule has 1 fully saturated rings. The number of amides is 2. The molecule has 0 bridgehead atoms. The first kappa shape index (κ1) is 20.6. The van der Waals surface area contributed by atoms with Gasteiger partial charge in [-0.05, 0) is 31.0 Å². The predicted octanol–water partition coefficient (Wildman–Crippen LogP) is 4.75. The summed E-state index contributed by atoms with van der Waals surface area (Å²) in [4.78, 5) is 24.7. The van der Waals surface area contributed by atoms with Crippen LogP contribution in [0, 0.1) is 0 Å². The van der Waals surface area contributed by atoms with E-state index in [1.54, 1.807) is 12.1 Å². The molecule has 0 radical (unpaired) electrons. The molecular formula is C23H26N2O4S. The summed E-state index contributed by atoms with van der Waals surface area (Å²) in [5, 5.41) is 7.22. The number of fused-ring (bicyclic) bond motifs is 1. The Balaban J connectivity index is 1.38. The number of thioether (sulfide) groups is 1. The average Bonchev–Trinajstić information content (AvgIpc) is 3.44. The van der Waals surface area contributed by atoms with E-state index >= 15 is 0 Å². The van der Waals surface area contributed by atoms with Crippen LogP contribution in [0.4, 0.5) is 0 Å². The van der Waals surface area contributed by atoms with Crippen molar-refractivity contribution < 1.29 is 18.4 Å². The van der Waals surface area contributed by atoms with Crippen molar-refractivity contribution in [3.05, 3.63) is 59.7 Å². The molecule has 1 saturated carbocycles. The molecule has 0 saturated heterocycles. The SMILES string of the molecule is O=C(NCCNC(=O)c1oc2ccccc2c1CSC1CCCCC1)c1ccco1. The van der Waals surface area contributed by atoms with Crippen LogP contribution in [0.2, 0.25) is 0 Å². The van der Waals surface area contributed by atoms with E-state index in [1.807, 2.05) is 36.0 Å². The van der Waals surface area contributed by atoms with Crippen LogP contribution in [0.3, 0.4) is 0 Å². The van der Waals surface area contributed by atoms with Gasteiger partial charge in [0, 0.05) is 35.0 Å². The van der Waals surface area contributed by atoms with Crippen molar-refractivity contribution >= 4 is 34.5 Å². The highest BCUT2D eigenvalue weighted by atomic mass is 32.2. The molecule has 0 atom stereocenters. The van der Waals surface area contributed by atoms with E-state index in [2.05, 4.69) is 10.6 Å². The van der Waals surface area contributed by atoms with Crippen molar-refractivity contribution in [1.29, 1.82) is 0 Å². The second kappa shape index (κ2) is 9.89. The van der Waals surface area contributed by atoms with E-state index in [4.69, 9.17) is 8.83 Å². The second-order valence-corrected chi connectivity index (χ2v) is 8.75. The van der Waals surface area contributed by atoms with Gasteiger partial charge < -0.3 is 19.5 Å². The molecule has 2 aromatic heterocycles. The number of hydrogen-bond acceptors (Lipinski definition) is 5. The lowest BCUT2D eigenvalue weighted by Gasteiger charge is -2.20. The van der Waals surface area contributed by atoms with Crippen LogP contribution in [-0.2, 0) is 5.75 Å². The van der Waals surface area contributed by atoms with Crippen molar-refractivity contribution in [2.45, 2.75) is 43.1 Å². The van der Waals surface area contributed by atoms with Crippen molar-refractivity contribution in [1.82, 2.24) is 10.6 Å². The van der Waals surface area contributed by atoms with Gasteiger partial charge in [-0.25, -0.2) is 0 Å². The zero-order chi connectivity index (χ0) is 20.8. The normalized spacial score (nSPS) is 14.7. The highest BCUT2D eigenvalue weighted by Gasteiger charge is 2.22. The smallest absolute Gasteiger partial charge is 0.287 e. The van der Waals surface area contributed by atoms with Crippen molar-refractivity contribution in [3.63, 3.8) is 0 Å². The molecule has 2 N–H and O–H groups in total. The van der Waals surface area contributed by atoms with Crippen molar-refractivity contribution in [3.8, 4) is 0 Å². The van der Waals surface area contributed by atoms with Crippen LogP contribution in [0.5, 0.6) is 0 Å². The molecule has 7 heteroatoms. The van der Waals surface area contributed by atoms with E-state index in [9.17, 15) is 9.59 Å². The van der Waals surface area contributed by atoms with Gasteiger partial charge in [0.1, 0.15) is 5.58 Å². The van der Waals surface area contributed by atoms with Gasteiger partial charge in [-0.2, -0.15) is 11.8 Å². The van der Waals surface area contributed by atoms with E-state index in [0.29, 0.717) is 24.1 Å². The Hall–Kier alpha value is -2.67. The molecule has 158 valence electrons. The monoisotopic (exact) mass is 426 g/mol. The predicted molar refractivity (Wildman–Crippen MR) is 118 cm³/mol. The lowest BCUT2D eigenvalue weighted by molar-refractivity contribution is 0.0901. The minimum Gasteiger partial charge on any atom is -0.459 e. The molecule has 0 unspecified atom stereocenters. The summed E-state index contributed by atoms with van der Waals surface area (Å²) >= 11 is 1.92. The number of nitrogens with one attached hydrogen (secondary N) is 2. The minimum absolute atomic E-state index is 0.251. The molecule has 3 aromatic rings. The molecular weight excluding hydrogens is 400 g/mol. The van der Waals surface area contributed by atoms with Gasteiger partial charge >= 0.3 is 0 Å². The highest BCUT2D eigenvalue weighted by molar-refractivity contribution is 7.99. The molecule has 0 spiro atoms. The van der Waals surface area contributed by atoms with Crippen molar-refractivity contribution in [2.24, 2.45) is 0 Å². The van der Waals surface area contributed by atoms with Gasteiger partial charge in [0.15, 0.2) is 11.5 Å². The second-order valence-electron chi connectivity index (χ2n) is 7.47. The molecule has 1 aliphatic rings.